The second-order valence-electron chi connectivity index (χ2n) is 19.3. The third-order valence-electron chi connectivity index (χ3n) is 14.1. The fraction of sp³-hybridized carbons (Fsp3) is 0.266. The molecule has 25 heteroatoms. The van der Waals surface area contributed by atoms with Crippen LogP contribution in [0.1, 0.15) is 100 Å². The Hall–Kier alpha value is -6.13. The molecule has 0 saturated carbocycles. The summed E-state index contributed by atoms with van der Waals surface area (Å²) >= 11 is 20.3. The molecule has 6 aromatic carbocycles. The Morgan fingerprint density at radius 1 is 0.629 bits per heavy atom. The molecule has 14 nitrogen and oxygen atoms in total. The van der Waals surface area contributed by atoms with Gasteiger partial charge in [-0.25, -0.2) is 27.6 Å². The number of para-hydroxylation sites is 3. The molecule has 0 bridgehead atoms. The molecule has 6 radical (unpaired) electrons. The number of H-pyrrole nitrogens is 3. The summed E-state index contributed by atoms with van der Waals surface area (Å²) in [7, 11) is 4.00. The number of esters is 3. The molecule has 0 unspecified atom stereocenters. The Bertz CT molecular complexity index is 3680. The summed E-state index contributed by atoms with van der Waals surface area (Å²) in [6.07, 6.45) is 4.28. The largest absolute Gasteiger partial charge is 0.465 e. The number of hydrogen-bond donors (Lipinski definition) is 5. The molecule has 3 aromatic heterocycles. The van der Waals surface area contributed by atoms with E-state index >= 15 is 0 Å². The molecule has 466 valence electrons. The van der Waals surface area contributed by atoms with Crippen molar-refractivity contribution in [3.63, 3.8) is 0 Å². The number of aromatic amines is 3. The van der Waals surface area contributed by atoms with Crippen LogP contribution in [0.3, 0.4) is 0 Å². The van der Waals surface area contributed by atoms with E-state index in [2.05, 4.69) is 31.1 Å². The number of nitrogens with two attached hydrogens (primary N) is 1. The number of rotatable bonds is 12. The van der Waals surface area contributed by atoms with Crippen molar-refractivity contribution in [1.82, 2.24) is 25.2 Å². The average molecular weight is 1630 g/mol. The number of methoxy groups -OCH3 is 3. The molecule has 5 atom stereocenters. The standard InChI is InChI=1S/C22H20ClFN2O3.C20H19FN2O2.C11H13FN2.C9H8O3.CHCl3.CH4.2B.2W/c1-29-22(28)14-8-6-13(7-9-14)21-20-17(16-4-2-3-5-18(16)25-20)10-15(12-24)26(21)19(27)11-23;1-25-20(24)13-8-6-12(7-9-13)18-19-16(10-14(11-21)22-18)15-4-2-3-5-17(15)23-19;12-6-9(13)5-8-7-14-11-4-2-1-3-10(8)11;1-12-9(11)8-4-2-7(6-10)3-5-8;2-1(3)4;;;;;/h2-9,15,21,25H,10-12H2,1H3;2-9,14,18,22-23H,10-11H2,1H3;1-4,7,9,14H,5-6,13H2;2-6H,1H3;1H;1H4;;;;/t15-,21+;14-,18+;9-;;;;;;;/m111......./s1. The molecule has 5 heterocycles. The van der Waals surface area contributed by atoms with Crippen LogP contribution in [0.4, 0.5) is 13.2 Å². The number of alkyl halides is 7. The van der Waals surface area contributed by atoms with Crippen LogP contribution in [0.25, 0.3) is 32.7 Å². The van der Waals surface area contributed by atoms with Crippen LogP contribution in [-0.4, -0.2) is 136 Å². The van der Waals surface area contributed by atoms with Crippen LogP contribution < -0.4 is 11.1 Å². The summed E-state index contributed by atoms with van der Waals surface area (Å²) in [4.78, 5) is 68.8. The Balaban J connectivity index is 0.000000409. The quantitative estimate of drug-likeness (QED) is 0.0258. The monoisotopic (exact) mass is 1630 g/mol. The summed E-state index contributed by atoms with van der Waals surface area (Å²) in [5.41, 5.74) is 17.5. The average Bonchev–Trinajstić information content (AvgIpc) is 1.70. The Morgan fingerprint density at radius 3 is 1.52 bits per heavy atom. The number of carbonyl (C=O) groups is 5. The van der Waals surface area contributed by atoms with Crippen molar-refractivity contribution in [2.75, 3.05) is 47.2 Å². The van der Waals surface area contributed by atoms with Crippen LogP contribution in [-0.2, 0) is 80.4 Å². The van der Waals surface area contributed by atoms with Crippen LogP contribution in [0.2, 0.25) is 0 Å². The van der Waals surface area contributed by atoms with Gasteiger partial charge < -0.3 is 39.8 Å². The first-order valence-electron chi connectivity index (χ1n) is 26.3. The molecular weight excluding hydrogens is 1570 g/mol. The number of ether oxygens (including phenoxy) is 3. The first kappa shape index (κ1) is 79.0. The second-order valence-corrected chi connectivity index (χ2v) is 21.6. The number of halogens is 7. The van der Waals surface area contributed by atoms with Crippen molar-refractivity contribution in [3.05, 3.63) is 213 Å². The zero-order valence-corrected chi connectivity index (χ0v) is 56.7. The zero-order valence-electron chi connectivity index (χ0n) is 47.8. The maximum Gasteiger partial charge on any atom is 0.337 e. The minimum atomic E-state index is -0.750. The van der Waals surface area contributed by atoms with Crippen LogP contribution >= 0.6 is 46.4 Å². The summed E-state index contributed by atoms with van der Waals surface area (Å²) in [6.45, 7) is -1.56. The zero-order chi connectivity index (χ0) is 60.5. The van der Waals surface area contributed by atoms with Gasteiger partial charge in [0.2, 0.25) is 5.91 Å². The maximum atomic E-state index is 14.0. The Morgan fingerprint density at radius 2 is 1.07 bits per heavy atom. The number of benzene rings is 6. The van der Waals surface area contributed by atoms with E-state index in [-0.39, 0.29) is 96.2 Å². The van der Waals surface area contributed by atoms with Gasteiger partial charge in [0.05, 0.1) is 56.1 Å². The molecule has 0 saturated heterocycles. The van der Waals surface area contributed by atoms with E-state index in [1.165, 1.54) is 31.8 Å². The predicted octanol–water partition coefficient (Wildman–Crippen LogP) is 12.7. The van der Waals surface area contributed by atoms with E-state index < -0.39 is 54.4 Å². The fourth-order valence-electron chi connectivity index (χ4n) is 10.2. The van der Waals surface area contributed by atoms with Crippen molar-refractivity contribution in [2.45, 2.75) is 61.2 Å². The third-order valence-corrected chi connectivity index (χ3v) is 14.4. The molecule has 2 aliphatic heterocycles. The van der Waals surface area contributed by atoms with Gasteiger partial charge in [0.25, 0.3) is 0 Å². The van der Waals surface area contributed by atoms with E-state index in [1.807, 2.05) is 85.1 Å². The Kier molecular flexibility index (Phi) is 34.2. The molecule has 89 heavy (non-hydrogen) atoms. The van der Waals surface area contributed by atoms with Crippen LogP contribution in [0, 0.1) is 0 Å². The molecule has 0 fully saturated rings. The van der Waals surface area contributed by atoms with Gasteiger partial charge >= 0.3 is 17.9 Å². The summed E-state index contributed by atoms with van der Waals surface area (Å²) in [5, 5.41) is 6.68. The van der Waals surface area contributed by atoms with Crippen molar-refractivity contribution in [1.29, 1.82) is 0 Å². The van der Waals surface area contributed by atoms with E-state index in [1.54, 1.807) is 60.7 Å². The number of aromatic nitrogens is 3. The van der Waals surface area contributed by atoms with Gasteiger partial charge in [-0.3, -0.25) is 14.9 Å². The van der Waals surface area contributed by atoms with Gasteiger partial charge in [-0.1, -0.05) is 133 Å². The minimum Gasteiger partial charge on any atom is -0.465 e. The molecular formula is C64H65B2Cl4F3N6O8W2. The van der Waals surface area contributed by atoms with Gasteiger partial charge in [-0.2, -0.15) is 0 Å². The van der Waals surface area contributed by atoms with Crippen molar-refractivity contribution < 1.29 is 93.5 Å². The number of fused-ring (bicyclic) bond motifs is 7. The molecule has 6 N–H and O–H groups in total. The number of nitrogens with zero attached hydrogens (tertiary/aromatic N) is 1. The van der Waals surface area contributed by atoms with E-state index in [9.17, 15) is 37.1 Å². The van der Waals surface area contributed by atoms with Gasteiger partial charge in [-0.15, -0.1) is 11.6 Å². The first-order chi connectivity index (χ1) is 40.6. The third kappa shape index (κ3) is 19.9. The van der Waals surface area contributed by atoms with Crippen LogP contribution in [0.15, 0.2) is 152 Å². The first-order valence-corrected chi connectivity index (χ1v) is 28.2. The van der Waals surface area contributed by atoms with Gasteiger partial charge in [0, 0.05) is 127 Å². The van der Waals surface area contributed by atoms with Crippen LogP contribution in [0.5, 0.6) is 0 Å². The minimum absolute atomic E-state index is 0. The van der Waals surface area contributed by atoms with E-state index in [0.29, 0.717) is 41.5 Å². The van der Waals surface area contributed by atoms with Gasteiger partial charge in [0.1, 0.15) is 32.2 Å². The van der Waals surface area contributed by atoms with E-state index in [4.69, 9.17) is 61.6 Å². The fourth-order valence-corrected chi connectivity index (χ4v) is 10.3. The van der Waals surface area contributed by atoms with Gasteiger partial charge in [0.15, 0.2) is 4.30 Å². The number of aldehydes is 1. The SMILES string of the molecule is C.COC(=O)c1ccc(C=O)cc1.COC(=O)c1ccc([C@@H]2N[C@@H](CF)Cc3c2[nH]c2ccccc32)cc1.COC(=O)c1ccc([C@H]2c3[nH]c4ccccc4c3C[C@H](CF)N2C(=O)CCl)cc1.ClC(Cl)Cl.N[C@@H](CF)Cc1c[nH]c2ccccc12.[B].[B].[W].[W]. The number of amides is 1. The molecule has 11 rings (SSSR count). The van der Waals surface area contributed by atoms with E-state index in [0.717, 1.165) is 72.6 Å². The summed E-state index contributed by atoms with van der Waals surface area (Å²) < 4.78 is 52.9. The Labute approximate surface area is 567 Å². The number of hydrogen-bond acceptors (Lipinski definition) is 10. The predicted molar refractivity (Wildman–Crippen MR) is 342 cm³/mol. The topological polar surface area (TPSA) is 202 Å². The maximum absolute atomic E-state index is 14.0. The number of nitrogens with one attached hydrogen (secondary N) is 4. The smallest absolute Gasteiger partial charge is 0.337 e. The molecule has 9 aromatic rings. The second kappa shape index (κ2) is 38.5. The number of carbonyl (C=O) groups excluding carboxylic acids is 5. The molecule has 2 aliphatic rings. The summed E-state index contributed by atoms with van der Waals surface area (Å²) in [6, 6.07) is 42.3. The molecule has 0 aliphatic carbocycles. The molecule has 1 amide bonds. The summed E-state index contributed by atoms with van der Waals surface area (Å²) in [5.74, 6) is -1.77. The van der Waals surface area contributed by atoms with Gasteiger partial charge in [-0.05, 0) is 102 Å². The van der Waals surface area contributed by atoms with Crippen molar-refractivity contribution in [3.8, 4) is 0 Å². The normalized spacial score (nSPS) is 15.3. The molecule has 0 spiro atoms. The van der Waals surface area contributed by atoms with Crippen molar-refractivity contribution >= 4 is 126 Å². The van der Waals surface area contributed by atoms with Crippen molar-refractivity contribution in [2.24, 2.45) is 5.73 Å².